The van der Waals surface area contributed by atoms with E-state index in [1.165, 1.54) is 0 Å². The molecule has 117 valence electrons. The van der Waals surface area contributed by atoms with E-state index in [-0.39, 0.29) is 18.6 Å². The fourth-order valence-corrected chi connectivity index (χ4v) is 3.45. The van der Waals surface area contributed by atoms with Gasteiger partial charge in [0.15, 0.2) is 0 Å². The van der Waals surface area contributed by atoms with E-state index < -0.39 is 5.97 Å². The molecular weight excluding hydrogens is 302 g/mol. The zero-order chi connectivity index (χ0) is 15.5. The number of nitrogens with two attached hydrogens (primary N) is 1. The molecule has 1 radical (unpaired) electrons. The molecule has 1 saturated heterocycles. The fourth-order valence-electron chi connectivity index (χ4n) is 2.58. The molecule has 2 atom stereocenters. The van der Waals surface area contributed by atoms with Gasteiger partial charge in [-0.05, 0) is 24.3 Å². The predicted molar refractivity (Wildman–Crippen MR) is 87.0 cm³/mol. The number of ether oxygens (including phenoxy) is 1. The molecule has 2 aromatic rings. The van der Waals surface area contributed by atoms with E-state index in [2.05, 4.69) is 10.3 Å². The van der Waals surface area contributed by atoms with Crippen molar-refractivity contribution in [2.24, 2.45) is 0 Å². The molecule has 2 aromatic heterocycles. The summed E-state index contributed by atoms with van der Waals surface area (Å²) in [5.41, 5.74) is 8.53. The highest BCUT2D eigenvalue weighted by atomic mass is 32.1. The molecule has 22 heavy (non-hydrogen) atoms. The number of aliphatic carboxylic acids is 1. The molecule has 0 bridgehead atoms. The van der Waals surface area contributed by atoms with Crippen LogP contribution in [0.4, 0.5) is 11.4 Å². The third-order valence-corrected chi connectivity index (χ3v) is 4.64. The van der Waals surface area contributed by atoms with E-state index in [0.717, 1.165) is 28.7 Å². The van der Waals surface area contributed by atoms with Crippen LogP contribution in [0.2, 0.25) is 0 Å². The number of rotatable bonds is 5. The lowest BCUT2D eigenvalue weighted by Crippen LogP contribution is -2.35. The van der Waals surface area contributed by atoms with Crippen molar-refractivity contribution in [2.45, 2.75) is 31.4 Å². The molecule has 1 unspecified atom stereocenters. The van der Waals surface area contributed by atoms with Gasteiger partial charge in [-0.25, -0.2) is 0 Å². The maximum absolute atomic E-state index is 10.6. The Hall–Kier alpha value is -1.86. The first kappa shape index (κ1) is 15.1. The summed E-state index contributed by atoms with van der Waals surface area (Å²) in [4.78, 5) is 14.9. The molecule has 0 saturated carbocycles. The summed E-state index contributed by atoms with van der Waals surface area (Å²) in [6.45, 7) is 0.537. The van der Waals surface area contributed by atoms with E-state index in [1.807, 2.05) is 11.4 Å². The zero-order valence-electron chi connectivity index (χ0n) is 12.0. The highest BCUT2D eigenvalue weighted by molar-refractivity contribution is 7.17. The van der Waals surface area contributed by atoms with Gasteiger partial charge in [0.25, 0.3) is 0 Å². The molecule has 4 N–H and O–H groups in total. The minimum absolute atomic E-state index is 0.0376. The number of thiophene rings is 1. The minimum atomic E-state index is -0.825. The summed E-state index contributed by atoms with van der Waals surface area (Å²) < 4.78 is 6.77. The number of hydrogen-bond acceptors (Lipinski definition) is 6. The molecule has 1 aliphatic rings. The second-order valence-electron chi connectivity index (χ2n) is 5.35. The Balaban J connectivity index is 1.61. The van der Waals surface area contributed by atoms with Gasteiger partial charge in [0.1, 0.15) is 0 Å². The predicted octanol–water partition coefficient (Wildman–Crippen LogP) is 2.52. The second-order valence-corrected chi connectivity index (χ2v) is 6.26. The van der Waals surface area contributed by atoms with E-state index in [9.17, 15) is 4.79 Å². The van der Waals surface area contributed by atoms with Crippen LogP contribution < -0.4 is 11.1 Å². The number of carboxylic acid groups (broad SMARTS) is 1. The van der Waals surface area contributed by atoms with Crippen LogP contribution in [0, 0.1) is 6.42 Å². The number of hydrogen-bond donors (Lipinski definition) is 3. The molecule has 0 aromatic carbocycles. The van der Waals surface area contributed by atoms with E-state index in [4.69, 9.17) is 15.6 Å². The number of nitrogen functional groups attached to an aromatic ring is 1. The topological polar surface area (TPSA) is 97.5 Å². The number of anilines is 2. The van der Waals surface area contributed by atoms with Crippen LogP contribution in [0.5, 0.6) is 0 Å². The standard InChI is InChI=1S/C15H18N3O3S/c16-11-7-17-12-5-6-22-15(12)14(11)18-9-1-2-10(21-8-9)3-4-13(19)20/h3,5-7,9-10H,1-2,4,8,16H2,(H,17,18)(H,19,20)/t9-,10?/m0/s1. The first-order valence-corrected chi connectivity index (χ1v) is 8.06. The molecule has 1 fully saturated rings. The van der Waals surface area contributed by atoms with Gasteiger partial charge in [0.2, 0.25) is 0 Å². The van der Waals surface area contributed by atoms with E-state index in [0.29, 0.717) is 12.3 Å². The molecule has 7 heteroatoms. The molecule has 3 heterocycles. The molecule has 6 nitrogen and oxygen atoms in total. The third-order valence-electron chi connectivity index (χ3n) is 3.72. The number of carbonyl (C=O) groups is 1. The lowest BCUT2D eigenvalue weighted by Gasteiger charge is -2.30. The first-order valence-electron chi connectivity index (χ1n) is 7.18. The number of pyridine rings is 1. The van der Waals surface area contributed by atoms with E-state index >= 15 is 0 Å². The molecule has 0 amide bonds. The maximum atomic E-state index is 10.6. The monoisotopic (exact) mass is 320 g/mol. The van der Waals surface area contributed by atoms with Crippen LogP contribution in [-0.4, -0.2) is 34.8 Å². The van der Waals surface area contributed by atoms with Gasteiger partial charge in [-0.2, -0.15) is 0 Å². The van der Waals surface area contributed by atoms with Gasteiger partial charge < -0.3 is 20.9 Å². The summed E-state index contributed by atoms with van der Waals surface area (Å²) in [5, 5.41) is 14.1. The van der Waals surface area contributed by atoms with Crippen molar-refractivity contribution in [3.63, 3.8) is 0 Å². The smallest absolute Gasteiger partial charge is 0.303 e. The van der Waals surface area contributed by atoms with Crippen LogP contribution in [0.25, 0.3) is 10.2 Å². The third kappa shape index (κ3) is 3.31. The maximum Gasteiger partial charge on any atom is 0.303 e. The van der Waals surface area contributed by atoms with Gasteiger partial charge in [-0.15, -0.1) is 11.3 Å². The van der Waals surface area contributed by atoms with Crippen molar-refractivity contribution >= 4 is 38.9 Å². The second kappa shape index (κ2) is 6.50. The number of fused-ring (bicyclic) bond motifs is 1. The Morgan fingerprint density at radius 3 is 3.18 bits per heavy atom. The van der Waals surface area contributed by atoms with Gasteiger partial charge in [-0.1, -0.05) is 0 Å². The highest BCUT2D eigenvalue weighted by Gasteiger charge is 2.23. The van der Waals surface area contributed by atoms with Crippen molar-refractivity contribution in [1.29, 1.82) is 0 Å². The average molecular weight is 320 g/mol. The Bertz CT molecular complexity index is 665. The number of aromatic nitrogens is 1. The Morgan fingerprint density at radius 1 is 1.59 bits per heavy atom. The summed E-state index contributed by atoms with van der Waals surface area (Å²) in [5.74, 6) is -0.825. The highest BCUT2D eigenvalue weighted by Crippen LogP contribution is 2.33. The van der Waals surface area contributed by atoms with Gasteiger partial charge >= 0.3 is 5.97 Å². The number of carboxylic acids is 1. The molecule has 0 aliphatic carbocycles. The van der Waals surface area contributed by atoms with Crippen molar-refractivity contribution in [1.82, 2.24) is 4.98 Å². The SMILES string of the molecule is Nc1cnc2ccsc2c1N[C@H]1CCC([CH]CC(=O)O)OC1. The molecule has 1 aliphatic heterocycles. The Morgan fingerprint density at radius 2 is 2.45 bits per heavy atom. The van der Waals surface area contributed by atoms with Crippen LogP contribution in [0.1, 0.15) is 19.3 Å². The average Bonchev–Trinajstić information content (AvgIpc) is 2.98. The normalized spacial score (nSPS) is 21.8. The van der Waals surface area contributed by atoms with Crippen molar-refractivity contribution in [3.8, 4) is 0 Å². The molecular formula is C15H18N3O3S. The summed E-state index contributed by atoms with van der Waals surface area (Å²) in [7, 11) is 0. The quantitative estimate of drug-likeness (QED) is 0.783. The van der Waals surface area contributed by atoms with Gasteiger partial charge in [0.05, 0.1) is 46.9 Å². The largest absolute Gasteiger partial charge is 0.481 e. The van der Waals surface area contributed by atoms with Crippen LogP contribution >= 0.6 is 11.3 Å². The van der Waals surface area contributed by atoms with Crippen molar-refractivity contribution in [3.05, 3.63) is 24.1 Å². The summed E-state index contributed by atoms with van der Waals surface area (Å²) in [6, 6.07) is 2.14. The van der Waals surface area contributed by atoms with E-state index in [1.54, 1.807) is 24.0 Å². The van der Waals surface area contributed by atoms with Crippen molar-refractivity contribution < 1.29 is 14.6 Å². The number of nitrogens with zero attached hydrogens (tertiary/aromatic N) is 1. The summed E-state index contributed by atoms with van der Waals surface area (Å²) >= 11 is 1.61. The molecule has 0 spiro atoms. The first-order chi connectivity index (χ1) is 10.6. The van der Waals surface area contributed by atoms with Crippen LogP contribution in [0.15, 0.2) is 17.6 Å². The van der Waals surface area contributed by atoms with Crippen LogP contribution in [0.3, 0.4) is 0 Å². The van der Waals surface area contributed by atoms with Crippen LogP contribution in [-0.2, 0) is 9.53 Å². The number of nitrogens with one attached hydrogen (secondary N) is 1. The van der Waals surface area contributed by atoms with Crippen molar-refractivity contribution in [2.75, 3.05) is 17.7 Å². The minimum Gasteiger partial charge on any atom is -0.481 e. The zero-order valence-corrected chi connectivity index (χ0v) is 12.8. The Labute approximate surface area is 132 Å². The van der Waals surface area contributed by atoms with Gasteiger partial charge in [-0.3, -0.25) is 9.78 Å². The lowest BCUT2D eigenvalue weighted by molar-refractivity contribution is -0.136. The Kier molecular flexibility index (Phi) is 4.44. The van der Waals surface area contributed by atoms with Gasteiger partial charge in [0, 0.05) is 12.5 Å². The lowest BCUT2D eigenvalue weighted by atomic mass is 10.0. The fraction of sp³-hybridized carbons (Fsp3) is 0.400. The molecule has 3 rings (SSSR count). The summed E-state index contributed by atoms with van der Waals surface area (Å²) in [6.07, 6.45) is 5.07.